The van der Waals surface area contributed by atoms with E-state index in [0.717, 1.165) is 30.6 Å². The Hall–Kier alpha value is 1.14. The van der Waals surface area contributed by atoms with Crippen molar-refractivity contribution in [2.45, 2.75) is 85.2 Å². The first-order valence-electron chi connectivity index (χ1n) is 9.65. The Bertz CT molecular complexity index is 510. The number of hydrogen-bond acceptors (Lipinski definition) is 1. The van der Waals surface area contributed by atoms with Crippen molar-refractivity contribution in [1.29, 1.82) is 0 Å². The molecule has 1 N–H and O–H groups in total. The molecule has 6 unspecified atom stereocenters. The van der Waals surface area contributed by atoms with Crippen LogP contribution in [0.1, 0.15) is 79.1 Å². The summed E-state index contributed by atoms with van der Waals surface area (Å²) in [7, 11) is 0. The molecule has 23 heavy (non-hydrogen) atoms. The summed E-state index contributed by atoms with van der Waals surface area (Å²) in [6.45, 7) is 10.2. The van der Waals surface area contributed by atoms with Crippen LogP contribution >= 0.6 is 0 Å². The average Bonchev–Trinajstić information content (AvgIpc) is 2.70. The van der Waals surface area contributed by atoms with Gasteiger partial charge in [-0.15, -0.1) is 0 Å². The van der Waals surface area contributed by atoms with Gasteiger partial charge in [0.15, 0.2) is 0 Å². The van der Waals surface area contributed by atoms with Gasteiger partial charge in [-0.2, -0.15) is 0 Å². The van der Waals surface area contributed by atoms with E-state index in [1.54, 1.807) is 5.57 Å². The second-order valence-electron chi connectivity index (χ2n) is 10.0. The molecule has 1 radical (unpaired) electrons. The van der Waals surface area contributed by atoms with E-state index >= 15 is 0 Å². The number of rotatable bonds is 0. The summed E-state index contributed by atoms with van der Waals surface area (Å²) in [4.78, 5) is 0. The maximum Gasteiger partial charge on any atom is 0.0577 e. The van der Waals surface area contributed by atoms with Crippen LogP contribution in [0.15, 0.2) is 11.6 Å². The van der Waals surface area contributed by atoms with Crippen LogP contribution in [0.4, 0.5) is 0 Å². The number of aliphatic hydroxyl groups excluding tert-OH is 1. The van der Waals surface area contributed by atoms with Gasteiger partial charge in [0.05, 0.1) is 6.10 Å². The Morgan fingerprint density at radius 2 is 1.65 bits per heavy atom. The number of allylic oxidation sites excluding steroid dienone is 1. The van der Waals surface area contributed by atoms with Crippen LogP contribution in [0.25, 0.3) is 0 Å². The molecule has 4 rings (SSSR count). The molecule has 0 heterocycles. The van der Waals surface area contributed by atoms with Crippen LogP contribution in [0, 0.1) is 78.1 Å². The van der Waals surface area contributed by atoms with Gasteiger partial charge in [0.2, 0.25) is 0 Å². The third-order valence-corrected chi connectivity index (χ3v) is 9.09. The first-order valence-corrected chi connectivity index (χ1v) is 9.65. The third kappa shape index (κ3) is 2.59. The standard InChI is InChI=1S/C21H34O.Ac/c1-19(2)10-8-18-16-6-5-14-13-15(22)7-11-20(14,3)17(16)9-12-21(18,19)4;/h5,15-18,22H,6-13H2,1-4H3;. The molecule has 3 fully saturated rings. The Balaban J connectivity index is 0.00000156. The molecule has 4 aliphatic carbocycles. The summed E-state index contributed by atoms with van der Waals surface area (Å²) in [5.74, 6) is 2.72. The second kappa shape index (κ2) is 6.10. The summed E-state index contributed by atoms with van der Waals surface area (Å²) < 4.78 is 0. The molecule has 3 saturated carbocycles. The molecule has 2 heteroatoms. The van der Waals surface area contributed by atoms with Gasteiger partial charge in [0.25, 0.3) is 0 Å². The average molecular weight is 530 g/mol. The van der Waals surface area contributed by atoms with Crippen molar-refractivity contribution in [2.24, 2.45) is 34.0 Å². The first-order chi connectivity index (χ1) is 10.3. The molecular formula is C21H34AcO. The van der Waals surface area contributed by atoms with Gasteiger partial charge in [0.1, 0.15) is 0 Å². The predicted molar refractivity (Wildman–Crippen MR) is 91.5 cm³/mol. The zero-order valence-corrected chi connectivity index (χ0v) is 20.3. The number of hydrogen-bond donors (Lipinski definition) is 1. The van der Waals surface area contributed by atoms with Gasteiger partial charge in [-0.1, -0.05) is 39.3 Å². The number of aliphatic hydroxyl groups is 1. The first kappa shape index (κ1) is 18.9. The van der Waals surface area contributed by atoms with Gasteiger partial charge in [-0.25, -0.2) is 0 Å². The van der Waals surface area contributed by atoms with Crippen LogP contribution in [0.2, 0.25) is 0 Å². The minimum atomic E-state index is -0.0739. The van der Waals surface area contributed by atoms with Gasteiger partial charge in [-0.05, 0) is 85.4 Å². The molecule has 0 aliphatic heterocycles. The van der Waals surface area contributed by atoms with Gasteiger partial charge in [0, 0.05) is 44.1 Å². The fraction of sp³-hybridized carbons (Fsp3) is 0.905. The third-order valence-electron chi connectivity index (χ3n) is 9.09. The Morgan fingerprint density at radius 3 is 2.39 bits per heavy atom. The quantitative estimate of drug-likeness (QED) is 0.421. The molecular weight excluding hydrogens is 495 g/mol. The molecule has 0 spiro atoms. The van der Waals surface area contributed by atoms with Crippen molar-refractivity contribution in [2.75, 3.05) is 0 Å². The van der Waals surface area contributed by atoms with E-state index in [-0.39, 0.29) is 50.2 Å². The van der Waals surface area contributed by atoms with E-state index in [9.17, 15) is 5.11 Å². The summed E-state index contributed by atoms with van der Waals surface area (Å²) in [5.41, 5.74) is 3.09. The minimum Gasteiger partial charge on any atom is -0.393 e. The summed E-state index contributed by atoms with van der Waals surface area (Å²) in [6, 6.07) is 0. The van der Waals surface area contributed by atoms with Crippen LogP contribution in [-0.2, 0) is 0 Å². The van der Waals surface area contributed by atoms with E-state index in [2.05, 4.69) is 33.8 Å². The van der Waals surface area contributed by atoms with Crippen molar-refractivity contribution in [3.05, 3.63) is 11.6 Å². The fourth-order valence-corrected chi connectivity index (χ4v) is 7.14. The maximum atomic E-state index is 10.1. The molecule has 6 atom stereocenters. The summed E-state index contributed by atoms with van der Waals surface area (Å²) in [6.07, 6.45) is 12.7. The largest absolute Gasteiger partial charge is 0.393 e. The second-order valence-corrected chi connectivity index (χ2v) is 10.0. The number of fused-ring (bicyclic) bond motifs is 5. The van der Waals surface area contributed by atoms with Gasteiger partial charge in [-0.3, -0.25) is 0 Å². The minimum absolute atomic E-state index is 0. The van der Waals surface area contributed by atoms with Crippen molar-refractivity contribution < 1.29 is 49.2 Å². The molecule has 0 aromatic carbocycles. The molecule has 0 aromatic rings. The zero-order valence-electron chi connectivity index (χ0n) is 15.6. The predicted octanol–water partition coefficient (Wildman–Crippen LogP) is 5.34. The Kier molecular flexibility index (Phi) is 5.01. The molecule has 0 aromatic heterocycles. The molecule has 0 bridgehead atoms. The molecule has 0 saturated heterocycles. The van der Waals surface area contributed by atoms with Crippen molar-refractivity contribution in [3.8, 4) is 0 Å². The molecule has 4 aliphatic rings. The summed E-state index contributed by atoms with van der Waals surface area (Å²) in [5, 5.41) is 10.1. The van der Waals surface area contributed by atoms with E-state index in [1.165, 1.54) is 38.5 Å². The Labute approximate surface area is 178 Å². The Morgan fingerprint density at radius 1 is 0.957 bits per heavy atom. The van der Waals surface area contributed by atoms with E-state index in [4.69, 9.17) is 0 Å². The van der Waals surface area contributed by atoms with Gasteiger partial charge < -0.3 is 5.11 Å². The maximum absolute atomic E-state index is 10.1. The molecule has 0 amide bonds. The SMILES string of the molecule is CC12CCC(O)CC1=CCC1C2CCC2(C)C1CCC2(C)C.[Ac]. The topological polar surface area (TPSA) is 20.2 Å². The van der Waals surface area contributed by atoms with Crippen LogP contribution in [0.5, 0.6) is 0 Å². The van der Waals surface area contributed by atoms with Crippen LogP contribution < -0.4 is 0 Å². The van der Waals surface area contributed by atoms with Crippen molar-refractivity contribution in [1.82, 2.24) is 0 Å². The molecule has 127 valence electrons. The zero-order chi connectivity index (χ0) is 15.8. The van der Waals surface area contributed by atoms with E-state index in [1.807, 2.05) is 0 Å². The van der Waals surface area contributed by atoms with Crippen LogP contribution in [0.3, 0.4) is 0 Å². The van der Waals surface area contributed by atoms with Crippen LogP contribution in [-0.4, -0.2) is 11.2 Å². The van der Waals surface area contributed by atoms with Crippen molar-refractivity contribution >= 4 is 0 Å². The van der Waals surface area contributed by atoms with Crippen molar-refractivity contribution in [3.63, 3.8) is 0 Å². The fourth-order valence-electron chi connectivity index (χ4n) is 7.14. The monoisotopic (exact) mass is 529 g/mol. The summed E-state index contributed by atoms with van der Waals surface area (Å²) >= 11 is 0. The van der Waals surface area contributed by atoms with E-state index < -0.39 is 0 Å². The van der Waals surface area contributed by atoms with Gasteiger partial charge >= 0.3 is 0 Å². The van der Waals surface area contributed by atoms with E-state index in [0.29, 0.717) is 16.2 Å². The smallest absolute Gasteiger partial charge is 0.0577 e. The molecule has 1 nitrogen and oxygen atoms in total. The normalized spacial score (nSPS) is 50.9.